The van der Waals surface area contributed by atoms with Crippen molar-refractivity contribution in [2.45, 2.75) is 16.2 Å². The minimum Gasteiger partial charge on any atom is -0.280 e. The van der Waals surface area contributed by atoms with Crippen molar-refractivity contribution in [1.82, 2.24) is 4.98 Å². The van der Waals surface area contributed by atoms with Gasteiger partial charge in [0.15, 0.2) is 4.34 Å². The van der Waals surface area contributed by atoms with Gasteiger partial charge in [0.05, 0.1) is 20.8 Å². The average Bonchev–Trinajstić information content (AvgIpc) is 2.91. The summed E-state index contributed by atoms with van der Waals surface area (Å²) in [5.74, 6) is 0. The van der Waals surface area contributed by atoms with Crippen molar-refractivity contribution in [2.75, 3.05) is 11.0 Å². The quantitative estimate of drug-likeness (QED) is 0.600. The predicted molar refractivity (Wildman–Crippen MR) is 101 cm³/mol. The van der Waals surface area contributed by atoms with Gasteiger partial charge in [0.2, 0.25) is 0 Å². The number of sulfonamides is 1. The molecule has 0 aliphatic heterocycles. The molecule has 0 saturated carbocycles. The number of fused-ring (bicyclic) bond motifs is 1. The second kappa shape index (κ2) is 6.43. The Bertz CT molecular complexity index is 984. The lowest BCUT2D eigenvalue weighted by Crippen LogP contribution is -2.13. The van der Waals surface area contributed by atoms with E-state index in [1.165, 1.54) is 0 Å². The fourth-order valence-corrected chi connectivity index (χ4v) is 4.96. The number of halogens is 1. The minimum absolute atomic E-state index is 0.243. The molecule has 0 atom stereocenters. The van der Waals surface area contributed by atoms with E-state index in [1.807, 2.05) is 25.3 Å². The van der Waals surface area contributed by atoms with Gasteiger partial charge in [-0.15, -0.1) is 11.3 Å². The molecule has 1 N–H and O–H groups in total. The first-order valence-corrected chi connectivity index (χ1v) is 10.9. The third-order valence-corrected chi connectivity index (χ3v) is 7.51. The summed E-state index contributed by atoms with van der Waals surface area (Å²) in [5.41, 5.74) is 2.28. The van der Waals surface area contributed by atoms with Crippen LogP contribution in [0.15, 0.2) is 50.1 Å². The summed E-state index contributed by atoms with van der Waals surface area (Å²) in [7, 11) is -3.61. The van der Waals surface area contributed by atoms with E-state index in [0.717, 1.165) is 24.6 Å². The number of aryl methyl sites for hydroxylation is 1. The zero-order chi connectivity index (χ0) is 16.6. The number of hydrogen-bond donors (Lipinski definition) is 1. The zero-order valence-electron chi connectivity index (χ0n) is 12.3. The first kappa shape index (κ1) is 16.8. The lowest BCUT2D eigenvalue weighted by molar-refractivity contribution is 0.601. The molecule has 120 valence electrons. The molecule has 8 heteroatoms. The van der Waals surface area contributed by atoms with Crippen LogP contribution in [-0.2, 0) is 10.0 Å². The van der Waals surface area contributed by atoms with Crippen LogP contribution >= 0.6 is 39.0 Å². The summed E-state index contributed by atoms with van der Waals surface area (Å²) in [5, 5.41) is 0. The molecule has 0 spiro atoms. The van der Waals surface area contributed by atoms with E-state index < -0.39 is 10.0 Å². The van der Waals surface area contributed by atoms with Crippen LogP contribution in [0, 0.1) is 6.92 Å². The van der Waals surface area contributed by atoms with Crippen molar-refractivity contribution in [3.63, 3.8) is 0 Å². The maximum atomic E-state index is 12.5. The minimum atomic E-state index is -3.61. The summed E-state index contributed by atoms with van der Waals surface area (Å²) >= 11 is 6.50. The molecule has 0 amide bonds. The normalized spacial score (nSPS) is 11.8. The van der Waals surface area contributed by atoms with Crippen molar-refractivity contribution >= 4 is 65.0 Å². The average molecular weight is 429 g/mol. The van der Waals surface area contributed by atoms with E-state index in [2.05, 4.69) is 25.6 Å². The molecular formula is C15H13BrN2O2S3. The summed E-state index contributed by atoms with van der Waals surface area (Å²) in [6.45, 7) is 1.86. The Hall–Kier alpha value is -1.09. The number of nitrogens with zero attached hydrogens (tertiary/aromatic N) is 1. The third kappa shape index (κ3) is 3.55. The van der Waals surface area contributed by atoms with Gasteiger partial charge >= 0.3 is 0 Å². The number of nitrogens with one attached hydrogen (secondary N) is 1. The van der Waals surface area contributed by atoms with Crippen molar-refractivity contribution in [3.8, 4) is 0 Å². The molecule has 1 heterocycles. The molecule has 0 bridgehead atoms. The Kier molecular flexibility index (Phi) is 4.68. The van der Waals surface area contributed by atoms with Gasteiger partial charge < -0.3 is 0 Å². The zero-order valence-corrected chi connectivity index (χ0v) is 16.4. The largest absolute Gasteiger partial charge is 0.280 e. The standard InChI is InChI=1S/C15H13BrN2O2S3/c1-9-7-11(4-5-12(9)16)23(19,20)18-10-3-6-13-14(8-10)22-15(17-13)21-2/h3-8,18H,1-2H3. The molecule has 23 heavy (non-hydrogen) atoms. The summed E-state index contributed by atoms with van der Waals surface area (Å²) < 4.78 is 30.5. The van der Waals surface area contributed by atoms with Gasteiger partial charge in [-0.1, -0.05) is 27.7 Å². The Morgan fingerprint density at radius 3 is 2.70 bits per heavy atom. The molecule has 0 aliphatic rings. The molecule has 0 radical (unpaired) electrons. The van der Waals surface area contributed by atoms with Gasteiger partial charge in [-0.2, -0.15) is 0 Å². The van der Waals surface area contributed by atoms with Crippen LogP contribution in [0.25, 0.3) is 10.2 Å². The molecule has 3 aromatic rings. The number of thioether (sulfide) groups is 1. The van der Waals surface area contributed by atoms with Crippen LogP contribution in [0.2, 0.25) is 0 Å². The molecule has 4 nitrogen and oxygen atoms in total. The predicted octanol–water partition coefficient (Wildman–Crippen LogP) is 4.89. The topological polar surface area (TPSA) is 59.1 Å². The third-order valence-electron chi connectivity index (χ3n) is 3.24. The van der Waals surface area contributed by atoms with Gasteiger partial charge in [-0.25, -0.2) is 13.4 Å². The van der Waals surface area contributed by atoms with Crippen LogP contribution in [0.3, 0.4) is 0 Å². The number of hydrogen-bond acceptors (Lipinski definition) is 5. The van der Waals surface area contributed by atoms with Crippen LogP contribution in [0.5, 0.6) is 0 Å². The second-order valence-corrected chi connectivity index (χ2v) is 9.50. The summed E-state index contributed by atoms with van der Waals surface area (Å²) in [4.78, 5) is 4.69. The highest BCUT2D eigenvalue weighted by Gasteiger charge is 2.15. The first-order valence-electron chi connectivity index (χ1n) is 6.62. The Labute approximate surface area is 151 Å². The van der Waals surface area contributed by atoms with Gasteiger partial charge in [-0.3, -0.25) is 4.72 Å². The lowest BCUT2D eigenvalue weighted by atomic mass is 10.2. The van der Waals surface area contributed by atoms with E-state index in [-0.39, 0.29) is 4.90 Å². The van der Waals surface area contributed by atoms with Gasteiger partial charge in [0.1, 0.15) is 0 Å². The highest BCUT2D eigenvalue weighted by Crippen LogP contribution is 2.31. The van der Waals surface area contributed by atoms with Gasteiger partial charge in [-0.05, 0) is 55.1 Å². The first-order chi connectivity index (χ1) is 10.9. The van der Waals surface area contributed by atoms with Crippen molar-refractivity contribution in [3.05, 3.63) is 46.4 Å². The Morgan fingerprint density at radius 2 is 2.00 bits per heavy atom. The number of benzene rings is 2. The van der Waals surface area contributed by atoms with Crippen LogP contribution < -0.4 is 4.72 Å². The fraction of sp³-hybridized carbons (Fsp3) is 0.133. The molecule has 2 aromatic carbocycles. The second-order valence-electron chi connectivity index (χ2n) is 4.88. The number of rotatable bonds is 4. The highest BCUT2D eigenvalue weighted by molar-refractivity contribution is 9.10. The summed E-state index contributed by atoms with van der Waals surface area (Å²) in [6, 6.07) is 10.3. The molecular weight excluding hydrogens is 416 g/mol. The van der Waals surface area contributed by atoms with Crippen LogP contribution in [0.4, 0.5) is 5.69 Å². The van der Waals surface area contributed by atoms with E-state index in [4.69, 9.17) is 0 Å². The molecule has 1 aromatic heterocycles. The monoisotopic (exact) mass is 428 g/mol. The summed E-state index contributed by atoms with van der Waals surface area (Å²) in [6.07, 6.45) is 1.97. The Balaban J connectivity index is 1.94. The smallest absolute Gasteiger partial charge is 0.261 e. The molecule has 3 rings (SSSR count). The van der Waals surface area contributed by atoms with Crippen LogP contribution in [-0.4, -0.2) is 19.7 Å². The van der Waals surface area contributed by atoms with E-state index >= 15 is 0 Å². The van der Waals surface area contributed by atoms with Crippen molar-refractivity contribution in [1.29, 1.82) is 0 Å². The number of thiazole rings is 1. The van der Waals surface area contributed by atoms with Crippen LogP contribution in [0.1, 0.15) is 5.56 Å². The van der Waals surface area contributed by atoms with E-state index in [9.17, 15) is 8.42 Å². The van der Waals surface area contributed by atoms with Crippen molar-refractivity contribution in [2.24, 2.45) is 0 Å². The number of aromatic nitrogens is 1. The van der Waals surface area contributed by atoms with Crippen molar-refractivity contribution < 1.29 is 8.42 Å². The van der Waals surface area contributed by atoms with Gasteiger partial charge in [0, 0.05) is 4.47 Å². The molecule has 0 fully saturated rings. The molecule has 0 aliphatic carbocycles. The number of anilines is 1. The highest BCUT2D eigenvalue weighted by atomic mass is 79.9. The maximum absolute atomic E-state index is 12.5. The van der Waals surface area contributed by atoms with E-state index in [1.54, 1.807) is 47.4 Å². The maximum Gasteiger partial charge on any atom is 0.261 e. The fourth-order valence-electron chi connectivity index (χ4n) is 2.05. The van der Waals surface area contributed by atoms with E-state index in [0.29, 0.717) is 5.69 Å². The Morgan fingerprint density at radius 1 is 1.22 bits per heavy atom. The molecule has 0 saturated heterocycles. The molecule has 0 unspecified atom stereocenters. The lowest BCUT2D eigenvalue weighted by Gasteiger charge is -2.09. The SMILES string of the molecule is CSc1nc2ccc(NS(=O)(=O)c3ccc(Br)c(C)c3)cc2s1. The van der Waals surface area contributed by atoms with Gasteiger partial charge in [0.25, 0.3) is 10.0 Å².